The highest BCUT2D eigenvalue weighted by molar-refractivity contribution is 9.10. The van der Waals surface area contributed by atoms with E-state index in [9.17, 15) is 9.59 Å². The molecule has 0 unspecified atom stereocenters. The van der Waals surface area contributed by atoms with Crippen LogP contribution in [0.5, 0.6) is 5.75 Å². The summed E-state index contributed by atoms with van der Waals surface area (Å²) in [5.74, 6) is 0.814. The highest BCUT2D eigenvalue weighted by Crippen LogP contribution is 2.27. The number of anilines is 1. The summed E-state index contributed by atoms with van der Waals surface area (Å²) in [7, 11) is 1.61. The van der Waals surface area contributed by atoms with Crippen LogP contribution in [0.4, 0.5) is 5.82 Å². The number of methoxy groups -OCH3 is 1. The zero-order valence-electron chi connectivity index (χ0n) is 20.3. The largest absolute Gasteiger partial charge is 0.497 e. The van der Waals surface area contributed by atoms with Crippen molar-refractivity contribution in [1.82, 2.24) is 14.7 Å². The summed E-state index contributed by atoms with van der Waals surface area (Å²) < 4.78 is 7.78. The summed E-state index contributed by atoms with van der Waals surface area (Å²) in [6.07, 6.45) is 0.741. The fraction of sp³-hybridized carbons (Fsp3) is 0.346. The number of aromatic nitrogens is 2. The molecule has 0 fully saturated rings. The number of ether oxygens (including phenoxy) is 1. The Morgan fingerprint density at radius 3 is 2.41 bits per heavy atom. The number of hydrogen-bond donors (Lipinski definition) is 1. The van der Waals surface area contributed by atoms with Gasteiger partial charge in [-0.05, 0) is 48.9 Å². The Balaban J connectivity index is 1.85. The van der Waals surface area contributed by atoms with Gasteiger partial charge in [0.15, 0.2) is 0 Å². The minimum Gasteiger partial charge on any atom is -0.497 e. The molecule has 7 nitrogen and oxygen atoms in total. The van der Waals surface area contributed by atoms with E-state index in [4.69, 9.17) is 9.84 Å². The summed E-state index contributed by atoms with van der Waals surface area (Å²) in [5, 5.41) is 7.71. The summed E-state index contributed by atoms with van der Waals surface area (Å²) in [4.78, 5) is 27.7. The van der Waals surface area contributed by atoms with Crippen molar-refractivity contribution in [3.63, 3.8) is 0 Å². The molecule has 8 heteroatoms. The molecule has 2 amide bonds. The van der Waals surface area contributed by atoms with E-state index in [1.54, 1.807) is 28.8 Å². The second-order valence-corrected chi connectivity index (χ2v) is 9.98. The van der Waals surface area contributed by atoms with Crippen LogP contribution >= 0.6 is 15.9 Å². The van der Waals surface area contributed by atoms with Gasteiger partial charge in [-0.2, -0.15) is 5.10 Å². The lowest BCUT2D eigenvalue weighted by Gasteiger charge is -2.22. The molecule has 0 saturated heterocycles. The molecule has 0 radical (unpaired) electrons. The number of nitrogens with zero attached hydrogens (tertiary/aromatic N) is 3. The van der Waals surface area contributed by atoms with E-state index in [0.29, 0.717) is 17.9 Å². The van der Waals surface area contributed by atoms with Gasteiger partial charge in [0.25, 0.3) is 5.91 Å². The molecule has 3 aromatic rings. The van der Waals surface area contributed by atoms with Gasteiger partial charge in [0.2, 0.25) is 5.91 Å². The van der Waals surface area contributed by atoms with Gasteiger partial charge in [0, 0.05) is 28.1 Å². The van der Waals surface area contributed by atoms with Crippen molar-refractivity contribution >= 4 is 33.6 Å². The van der Waals surface area contributed by atoms with Gasteiger partial charge in [-0.15, -0.1) is 0 Å². The average molecular weight is 527 g/mol. The maximum Gasteiger partial charge on any atom is 0.254 e. The number of rotatable bonds is 8. The predicted octanol–water partition coefficient (Wildman–Crippen LogP) is 5.43. The van der Waals surface area contributed by atoms with Crippen molar-refractivity contribution in [2.75, 3.05) is 25.5 Å². The predicted molar refractivity (Wildman–Crippen MR) is 138 cm³/mol. The first-order valence-corrected chi connectivity index (χ1v) is 12.0. The van der Waals surface area contributed by atoms with Crippen LogP contribution in [0.15, 0.2) is 59.1 Å². The van der Waals surface area contributed by atoms with Crippen molar-refractivity contribution in [1.29, 1.82) is 0 Å². The Morgan fingerprint density at radius 2 is 1.82 bits per heavy atom. The molecule has 34 heavy (non-hydrogen) atoms. The number of carbonyl (C=O) groups excluding carboxylic acids is 2. The Bertz CT molecular complexity index is 1150. The number of hydrogen-bond acceptors (Lipinski definition) is 4. The second-order valence-electron chi connectivity index (χ2n) is 9.06. The van der Waals surface area contributed by atoms with Gasteiger partial charge in [-0.25, -0.2) is 4.68 Å². The van der Waals surface area contributed by atoms with Gasteiger partial charge in [0.05, 0.1) is 18.5 Å². The van der Waals surface area contributed by atoms with Gasteiger partial charge in [-0.1, -0.05) is 49.7 Å². The molecule has 0 saturated carbocycles. The van der Waals surface area contributed by atoms with Crippen LogP contribution in [0.25, 0.3) is 5.69 Å². The monoisotopic (exact) mass is 526 g/mol. The van der Waals surface area contributed by atoms with E-state index >= 15 is 0 Å². The van der Waals surface area contributed by atoms with Crippen LogP contribution in [-0.4, -0.2) is 46.7 Å². The molecule has 3 rings (SSSR count). The molecule has 2 aromatic carbocycles. The number of benzene rings is 2. The molecule has 0 aliphatic rings. The van der Waals surface area contributed by atoms with Crippen molar-refractivity contribution in [3.8, 4) is 11.4 Å². The molecule has 1 heterocycles. The summed E-state index contributed by atoms with van der Waals surface area (Å²) in [6.45, 7) is 8.60. The zero-order valence-corrected chi connectivity index (χ0v) is 21.8. The zero-order chi connectivity index (χ0) is 24.9. The van der Waals surface area contributed by atoms with Crippen molar-refractivity contribution < 1.29 is 14.3 Å². The van der Waals surface area contributed by atoms with E-state index in [1.807, 2.05) is 49.4 Å². The topological polar surface area (TPSA) is 76.5 Å². The van der Waals surface area contributed by atoms with E-state index in [-0.39, 0.29) is 23.8 Å². The van der Waals surface area contributed by atoms with Crippen LogP contribution in [0, 0.1) is 0 Å². The molecule has 0 aliphatic heterocycles. The van der Waals surface area contributed by atoms with Gasteiger partial charge in [-0.3, -0.25) is 9.59 Å². The lowest BCUT2D eigenvalue weighted by molar-refractivity contribution is -0.116. The first kappa shape index (κ1) is 25.5. The third kappa shape index (κ3) is 6.26. The van der Waals surface area contributed by atoms with Crippen molar-refractivity contribution in [2.24, 2.45) is 0 Å². The third-order valence-electron chi connectivity index (χ3n) is 5.25. The average Bonchev–Trinajstić information content (AvgIpc) is 3.22. The van der Waals surface area contributed by atoms with Gasteiger partial charge >= 0.3 is 0 Å². The van der Waals surface area contributed by atoms with Crippen molar-refractivity contribution in [3.05, 3.63) is 70.3 Å². The fourth-order valence-corrected chi connectivity index (χ4v) is 3.84. The molecule has 0 atom stereocenters. The van der Waals surface area contributed by atoms with E-state index in [1.165, 1.54) is 0 Å². The number of nitrogens with one attached hydrogen (secondary N) is 1. The summed E-state index contributed by atoms with van der Waals surface area (Å²) in [5.41, 5.74) is 1.97. The smallest absolute Gasteiger partial charge is 0.254 e. The fourth-order valence-electron chi connectivity index (χ4n) is 3.44. The van der Waals surface area contributed by atoms with Gasteiger partial charge < -0.3 is 15.0 Å². The summed E-state index contributed by atoms with van der Waals surface area (Å²) in [6, 6.07) is 16.5. The highest BCUT2D eigenvalue weighted by atomic mass is 79.9. The first-order chi connectivity index (χ1) is 16.1. The highest BCUT2D eigenvalue weighted by Gasteiger charge is 2.23. The minimum absolute atomic E-state index is 0.0577. The molecular formula is C26H31BrN4O3. The Kier molecular flexibility index (Phi) is 8.15. The SMILES string of the molecule is CCCN(CC(=O)Nc1cc(C(C)(C)C)nn1-c1ccc(OC)cc1)C(=O)c1cccc(Br)c1. The van der Waals surface area contributed by atoms with Crippen LogP contribution in [-0.2, 0) is 10.2 Å². The van der Waals surface area contributed by atoms with E-state index < -0.39 is 0 Å². The van der Waals surface area contributed by atoms with E-state index in [0.717, 1.165) is 28.0 Å². The normalized spacial score (nSPS) is 11.2. The summed E-state index contributed by atoms with van der Waals surface area (Å²) >= 11 is 3.40. The molecule has 1 aromatic heterocycles. The molecule has 0 spiro atoms. The van der Waals surface area contributed by atoms with Crippen LogP contribution < -0.4 is 10.1 Å². The Hall–Kier alpha value is -3.13. The maximum absolute atomic E-state index is 13.1. The lowest BCUT2D eigenvalue weighted by atomic mass is 9.92. The molecular weight excluding hydrogens is 496 g/mol. The van der Waals surface area contributed by atoms with E-state index in [2.05, 4.69) is 42.0 Å². The Labute approximate surface area is 209 Å². The van der Waals surface area contributed by atoms with Gasteiger partial charge in [0.1, 0.15) is 18.1 Å². The minimum atomic E-state index is -0.285. The van der Waals surface area contributed by atoms with Crippen LogP contribution in [0.2, 0.25) is 0 Å². The molecule has 0 aliphatic carbocycles. The lowest BCUT2D eigenvalue weighted by Crippen LogP contribution is -2.38. The first-order valence-electron chi connectivity index (χ1n) is 11.2. The molecule has 180 valence electrons. The second kappa shape index (κ2) is 10.9. The Morgan fingerprint density at radius 1 is 1.12 bits per heavy atom. The number of halogens is 1. The standard InChI is InChI=1S/C26H31BrN4O3/c1-6-14-30(25(33)18-8-7-9-19(27)15-18)17-24(32)28-23-16-22(26(2,3)4)29-31(23)20-10-12-21(34-5)13-11-20/h7-13,15-16H,6,14,17H2,1-5H3,(H,28,32). The quantitative estimate of drug-likeness (QED) is 0.424. The maximum atomic E-state index is 13.1. The van der Waals surface area contributed by atoms with Crippen molar-refractivity contribution in [2.45, 2.75) is 39.5 Å². The molecule has 0 bridgehead atoms. The number of carbonyl (C=O) groups is 2. The van der Waals surface area contributed by atoms with Crippen LogP contribution in [0.3, 0.4) is 0 Å². The number of amides is 2. The van der Waals surface area contributed by atoms with Crippen LogP contribution in [0.1, 0.15) is 50.2 Å². The third-order valence-corrected chi connectivity index (χ3v) is 5.74. The molecule has 1 N–H and O–H groups in total.